The normalized spacial score (nSPS) is 40.8. The molecule has 5 heteroatoms. The van der Waals surface area contributed by atoms with Crippen molar-refractivity contribution in [2.45, 2.75) is 31.6 Å². The van der Waals surface area contributed by atoms with Crippen molar-refractivity contribution >= 4 is 11.9 Å². The van der Waals surface area contributed by atoms with Gasteiger partial charge in [-0.3, -0.25) is 9.59 Å². The molecule has 1 spiro atoms. The first-order chi connectivity index (χ1) is 8.50. The molecule has 0 aliphatic carbocycles. The number of methoxy groups -OCH3 is 1. The summed E-state index contributed by atoms with van der Waals surface area (Å²) < 4.78 is 10.7. The topological polar surface area (TPSA) is 55.8 Å². The monoisotopic (exact) mass is 251 g/mol. The molecule has 0 aromatic rings. The lowest BCUT2D eigenvalue weighted by molar-refractivity contribution is -0.151. The van der Waals surface area contributed by atoms with Gasteiger partial charge in [0.1, 0.15) is 11.5 Å². The second kappa shape index (κ2) is 3.57. The Bertz CT molecular complexity index is 444. The van der Waals surface area contributed by atoms with Crippen LogP contribution in [0, 0.1) is 11.8 Å². The number of amides is 1. The van der Waals surface area contributed by atoms with E-state index >= 15 is 0 Å². The quantitative estimate of drug-likeness (QED) is 0.525. The Labute approximate surface area is 106 Å². The van der Waals surface area contributed by atoms with E-state index in [0.717, 1.165) is 0 Å². The van der Waals surface area contributed by atoms with E-state index in [0.29, 0.717) is 6.54 Å². The molecule has 18 heavy (non-hydrogen) atoms. The summed E-state index contributed by atoms with van der Waals surface area (Å²) in [6, 6.07) is 0.117. The number of carbonyl (C=O) groups excluding carboxylic acids is 2. The highest BCUT2D eigenvalue weighted by Gasteiger charge is 2.67. The summed E-state index contributed by atoms with van der Waals surface area (Å²) in [5.74, 6) is -1.25. The van der Waals surface area contributed by atoms with Gasteiger partial charge in [0.2, 0.25) is 5.91 Å². The van der Waals surface area contributed by atoms with Crippen molar-refractivity contribution in [3.8, 4) is 0 Å². The first kappa shape index (κ1) is 11.7. The van der Waals surface area contributed by atoms with E-state index in [1.54, 1.807) is 4.90 Å². The average Bonchev–Trinajstić information content (AvgIpc) is 2.96. The van der Waals surface area contributed by atoms with Gasteiger partial charge in [-0.05, 0) is 13.8 Å². The molecule has 2 saturated heterocycles. The van der Waals surface area contributed by atoms with Gasteiger partial charge in [0.05, 0.1) is 25.7 Å². The molecule has 0 unspecified atom stereocenters. The molecular formula is C13H17NO4. The van der Waals surface area contributed by atoms with Crippen LogP contribution in [0.3, 0.4) is 0 Å². The Morgan fingerprint density at radius 2 is 2.33 bits per heavy atom. The highest BCUT2D eigenvalue weighted by atomic mass is 16.5. The number of carbonyl (C=O) groups is 2. The molecule has 2 fully saturated rings. The third-order valence-corrected chi connectivity index (χ3v) is 4.23. The van der Waals surface area contributed by atoms with E-state index in [1.165, 1.54) is 7.11 Å². The molecule has 3 heterocycles. The van der Waals surface area contributed by atoms with E-state index in [9.17, 15) is 9.59 Å². The second-order valence-corrected chi connectivity index (χ2v) is 5.48. The summed E-state index contributed by atoms with van der Waals surface area (Å²) in [6.45, 7) is 4.48. The maximum Gasteiger partial charge on any atom is 0.312 e. The third-order valence-electron chi connectivity index (χ3n) is 4.23. The van der Waals surface area contributed by atoms with Crippen LogP contribution in [0.5, 0.6) is 0 Å². The van der Waals surface area contributed by atoms with Crippen LogP contribution in [-0.2, 0) is 19.1 Å². The van der Waals surface area contributed by atoms with Crippen LogP contribution in [0.25, 0.3) is 0 Å². The van der Waals surface area contributed by atoms with Crippen molar-refractivity contribution in [1.82, 2.24) is 4.90 Å². The summed E-state index contributed by atoms with van der Waals surface area (Å²) in [5.41, 5.74) is -0.606. The predicted octanol–water partition coefficient (Wildman–Crippen LogP) is 0.350. The summed E-state index contributed by atoms with van der Waals surface area (Å²) in [4.78, 5) is 26.1. The maximum absolute atomic E-state index is 12.4. The Morgan fingerprint density at radius 3 is 2.94 bits per heavy atom. The van der Waals surface area contributed by atoms with Crippen LogP contribution >= 0.6 is 0 Å². The first-order valence-corrected chi connectivity index (χ1v) is 6.25. The molecule has 0 radical (unpaired) electrons. The van der Waals surface area contributed by atoms with Gasteiger partial charge in [-0.25, -0.2) is 0 Å². The summed E-state index contributed by atoms with van der Waals surface area (Å²) >= 11 is 0. The molecule has 0 aromatic heterocycles. The highest BCUT2D eigenvalue weighted by molar-refractivity contribution is 5.91. The second-order valence-electron chi connectivity index (χ2n) is 5.48. The van der Waals surface area contributed by atoms with Crippen molar-refractivity contribution in [2.75, 3.05) is 13.7 Å². The van der Waals surface area contributed by atoms with E-state index < -0.39 is 17.4 Å². The summed E-state index contributed by atoms with van der Waals surface area (Å²) in [6.07, 6.45) is 3.53. The van der Waals surface area contributed by atoms with Crippen LogP contribution < -0.4 is 0 Å². The molecular weight excluding hydrogens is 234 g/mol. The van der Waals surface area contributed by atoms with Crippen LogP contribution in [0.2, 0.25) is 0 Å². The van der Waals surface area contributed by atoms with Gasteiger partial charge in [0, 0.05) is 6.04 Å². The zero-order chi connectivity index (χ0) is 13.1. The van der Waals surface area contributed by atoms with Crippen molar-refractivity contribution < 1.29 is 19.1 Å². The van der Waals surface area contributed by atoms with Crippen LogP contribution in [0.4, 0.5) is 0 Å². The molecule has 0 N–H and O–H groups in total. The van der Waals surface area contributed by atoms with Crippen LogP contribution in [0.1, 0.15) is 13.8 Å². The SMILES string of the molecule is COC(=O)[C@H]1[C@H]2C=C[C@]3(CN(C(C)C)C(=O)[C@@H]13)O2. The van der Waals surface area contributed by atoms with Gasteiger partial charge in [-0.1, -0.05) is 12.2 Å². The Morgan fingerprint density at radius 1 is 1.61 bits per heavy atom. The summed E-state index contributed by atoms with van der Waals surface area (Å²) in [5, 5.41) is 0. The van der Waals surface area contributed by atoms with E-state index in [-0.39, 0.29) is 24.0 Å². The molecule has 3 aliphatic heterocycles. The minimum atomic E-state index is -0.606. The van der Waals surface area contributed by atoms with E-state index in [1.807, 2.05) is 26.0 Å². The van der Waals surface area contributed by atoms with E-state index in [2.05, 4.69) is 0 Å². The van der Waals surface area contributed by atoms with Crippen molar-refractivity contribution in [3.05, 3.63) is 12.2 Å². The predicted molar refractivity (Wildman–Crippen MR) is 62.6 cm³/mol. The maximum atomic E-state index is 12.4. The Kier molecular flexibility index (Phi) is 2.32. The minimum Gasteiger partial charge on any atom is -0.469 e. The molecule has 4 atom stereocenters. The number of ether oxygens (including phenoxy) is 2. The van der Waals surface area contributed by atoms with Crippen molar-refractivity contribution in [3.63, 3.8) is 0 Å². The Balaban J connectivity index is 1.98. The molecule has 2 bridgehead atoms. The van der Waals surface area contributed by atoms with Gasteiger partial charge in [0.15, 0.2) is 0 Å². The smallest absolute Gasteiger partial charge is 0.312 e. The molecule has 3 rings (SSSR count). The molecule has 0 aromatic carbocycles. The zero-order valence-corrected chi connectivity index (χ0v) is 10.8. The minimum absolute atomic E-state index is 0.00671. The molecule has 98 valence electrons. The standard InChI is InChI=1S/C13H17NO4/c1-7(2)14-6-13-5-4-8(18-13)9(12(16)17-3)10(13)11(14)15/h4-5,7-10H,6H2,1-3H3/t8-,9+,10-,13-/m1/s1. The van der Waals surface area contributed by atoms with Gasteiger partial charge >= 0.3 is 5.97 Å². The lowest BCUT2D eigenvalue weighted by Crippen LogP contribution is -2.40. The van der Waals surface area contributed by atoms with Crippen molar-refractivity contribution in [1.29, 1.82) is 0 Å². The highest BCUT2D eigenvalue weighted by Crippen LogP contribution is 2.52. The lowest BCUT2D eigenvalue weighted by atomic mass is 9.77. The molecule has 1 amide bonds. The number of likely N-dealkylation sites (tertiary alicyclic amines) is 1. The number of hydrogen-bond acceptors (Lipinski definition) is 4. The number of nitrogens with zero attached hydrogens (tertiary/aromatic N) is 1. The van der Waals surface area contributed by atoms with Gasteiger partial charge in [-0.2, -0.15) is 0 Å². The molecule has 3 aliphatic rings. The zero-order valence-electron chi connectivity index (χ0n) is 10.8. The van der Waals surface area contributed by atoms with Gasteiger partial charge in [-0.15, -0.1) is 0 Å². The fraction of sp³-hybridized carbons (Fsp3) is 0.692. The first-order valence-electron chi connectivity index (χ1n) is 6.25. The van der Waals surface area contributed by atoms with Crippen molar-refractivity contribution in [2.24, 2.45) is 11.8 Å². The summed E-state index contributed by atoms with van der Waals surface area (Å²) in [7, 11) is 1.35. The van der Waals surface area contributed by atoms with Gasteiger partial charge in [0.25, 0.3) is 0 Å². The lowest BCUT2D eigenvalue weighted by Gasteiger charge is -2.24. The van der Waals surface area contributed by atoms with Crippen LogP contribution in [-0.4, -0.2) is 48.2 Å². The van der Waals surface area contributed by atoms with Crippen LogP contribution in [0.15, 0.2) is 12.2 Å². The molecule has 5 nitrogen and oxygen atoms in total. The number of fused-ring (bicyclic) bond motifs is 1. The number of esters is 1. The average molecular weight is 251 g/mol. The van der Waals surface area contributed by atoms with E-state index in [4.69, 9.17) is 9.47 Å². The fourth-order valence-corrected chi connectivity index (χ4v) is 3.37. The number of rotatable bonds is 2. The Hall–Kier alpha value is -1.36. The largest absolute Gasteiger partial charge is 0.469 e. The molecule has 0 saturated carbocycles. The number of hydrogen-bond donors (Lipinski definition) is 0. The fourth-order valence-electron chi connectivity index (χ4n) is 3.37. The third kappa shape index (κ3) is 1.25. The van der Waals surface area contributed by atoms with Gasteiger partial charge < -0.3 is 14.4 Å².